The minimum Gasteiger partial charge on any atom is -0.493 e. The van der Waals surface area contributed by atoms with Crippen LogP contribution in [0.25, 0.3) is 10.8 Å². The number of anilines is 2. The highest BCUT2D eigenvalue weighted by atomic mass is 16.5. The number of amides is 2. The lowest BCUT2D eigenvalue weighted by Crippen LogP contribution is -2.35. The second kappa shape index (κ2) is 7.98. The molecular weight excluding hydrogens is 400 g/mol. The molecule has 0 atom stereocenters. The van der Waals surface area contributed by atoms with Crippen LogP contribution in [0.5, 0.6) is 11.5 Å². The third kappa shape index (κ3) is 3.42. The Hall–Kier alpha value is -4.07. The van der Waals surface area contributed by atoms with Crippen molar-refractivity contribution in [3.63, 3.8) is 0 Å². The summed E-state index contributed by atoms with van der Waals surface area (Å²) >= 11 is 0. The van der Waals surface area contributed by atoms with Gasteiger partial charge in [0, 0.05) is 23.1 Å². The predicted octanol–water partition coefficient (Wildman–Crippen LogP) is 3.24. The van der Waals surface area contributed by atoms with E-state index in [0.717, 1.165) is 10.8 Å². The fraction of sp³-hybridized carbons (Fsp3) is 0.174. The van der Waals surface area contributed by atoms with Crippen LogP contribution in [-0.4, -0.2) is 45.7 Å². The third-order valence-corrected chi connectivity index (χ3v) is 5.15. The van der Waals surface area contributed by atoms with Crippen molar-refractivity contribution in [3.8, 4) is 11.5 Å². The maximum Gasteiger partial charge on any atom is 0.340 e. The molecule has 1 aliphatic rings. The number of nitrogens with one attached hydrogen (secondary N) is 1. The Kier molecular flexibility index (Phi) is 5.21. The van der Waals surface area contributed by atoms with Crippen LogP contribution in [0.3, 0.4) is 0 Å². The van der Waals surface area contributed by atoms with E-state index in [0.29, 0.717) is 22.7 Å². The second-order valence-electron chi connectivity index (χ2n) is 6.86. The van der Waals surface area contributed by atoms with Gasteiger partial charge in [-0.3, -0.25) is 14.5 Å². The van der Waals surface area contributed by atoms with Crippen molar-refractivity contribution in [1.29, 1.82) is 0 Å². The molecule has 8 nitrogen and oxygen atoms in total. The van der Waals surface area contributed by atoms with Crippen molar-refractivity contribution >= 4 is 39.9 Å². The number of methoxy groups -OCH3 is 3. The molecule has 0 saturated heterocycles. The number of rotatable bonds is 6. The van der Waals surface area contributed by atoms with Gasteiger partial charge in [-0.2, -0.15) is 0 Å². The number of carbonyl (C=O) groups is 3. The molecule has 0 aliphatic carbocycles. The summed E-state index contributed by atoms with van der Waals surface area (Å²) in [6.45, 7) is -0.221. The van der Waals surface area contributed by atoms with E-state index in [2.05, 4.69) is 5.32 Å². The van der Waals surface area contributed by atoms with Crippen LogP contribution in [0, 0.1) is 0 Å². The normalized spacial score (nSPS) is 12.1. The summed E-state index contributed by atoms with van der Waals surface area (Å²) in [5.41, 5.74) is 1.53. The topological polar surface area (TPSA) is 94.2 Å². The van der Waals surface area contributed by atoms with Gasteiger partial charge >= 0.3 is 5.97 Å². The van der Waals surface area contributed by atoms with Crippen molar-refractivity contribution in [3.05, 3.63) is 59.7 Å². The highest BCUT2D eigenvalue weighted by Gasteiger charge is 2.31. The minimum atomic E-state index is -0.648. The number of ether oxygens (including phenoxy) is 3. The molecule has 2 amide bonds. The SMILES string of the molecule is COC(=O)c1cc(OC)c(OC)cc1NC(=O)CN1C(=O)c2cccc3cccc1c23. The van der Waals surface area contributed by atoms with Crippen LogP contribution >= 0.6 is 0 Å². The zero-order valence-electron chi connectivity index (χ0n) is 17.2. The van der Waals surface area contributed by atoms with Crippen LogP contribution in [0.1, 0.15) is 20.7 Å². The van der Waals surface area contributed by atoms with E-state index in [1.54, 1.807) is 12.1 Å². The van der Waals surface area contributed by atoms with Crippen LogP contribution in [0.2, 0.25) is 0 Å². The Morgan fingerprint density at radius 1 is 0.968 bits per heavy atom. The van der Waals surface area contributed by atoms with Crippen molar-refractivity contribution in [2.24, 2.45) is 0 Å². The molecule has 0 spiro atoms. The summed E-state index contributed by atoms with van der Waals surface area (Å²) in [6, 6.07) is 14.0. The average Bonchev–Trinajstić information content (AvgIpc) is 3.06. The Morgan fingerprint density at radius 3 is 2.32 bits per heavy atom. The van der Waals surface area contributed by atoms with Gasteiger partial charge in [-0.25, -0.2) is 4.79 Å². The number of hydrogen-bond acceptors (Lipinski definition) is 6. The van der Waals surface area contributed by atoms with Crippen molar-refractivity contribution in [2.45, 2.75) is 0 Å². The van der Waals surface area contributed by atoms with Crippen molar-refractivity contribution < 1.29 is 28.6 Å². The zero-order chi connectivity index (χ0) is 22.1. The van der Waals surface area contributed by atoms with Gasteiger partial charge in [-0.15, -0.1) is 0 Å². The first-order valence-electron chi connectivity index (χ1n) is 9.46. The molecule has 31 heavy (non-hydrogen) atoms. The summed E-state index contributed by atoms with van der Waals surface area (Å²) in [7, 11) is 4.13. The lowest BCUT2D eigenvalue weighted by Gasteiger charge is -2.19. The minimum absolute atomic E-state index is 0.103. The van der Waals surface area contributed by atoms with E-state index in [1.807, 2.05) is 24.3 Å². The first-order valence-corrected chi connectivity index (χ1v) is 9.46. The van der Waals surface area contributed by atoms with Crippen LogP contribution in [0.4, 0.5) is 11.4 Å². The number of benzene rings is 3. The van der Waals surface area contributed by atoms with E-state index in [-0.39, 0.29) is 23.7 Å². The number of carbonyl (C=O) groups excluding carboxylic acids is 3. The Balaban J connectivity index is 1.64. The molecule has 3 aromatic rings. The maximum absolute atomic E-state index is 12.9. The monoisotopic (exact) mass is 420 g/mol. The highest BCUT2D eigenvalue weighted by Crippen LogP contribution is 2.37. The molecule has 158 valence electrons. The van der Waals surface area contributed by atoms with E-state index < -0.39 is 11.9 Å². The van der Waals surface area contributed by atoms with Crippen molar-refractivity contribution in [2.75, 3.05) is 38.1 Å². The molecule has 0 bridgehead atoms. The molecule has 1 N–H and O–H groups in total. The van der Waals surface area contributed by atoms with E-state index in [4.69, 9.17) is 14.2 Å². The molecule has 1 aliphatic heterocycles. The third-order valence-electron chi connectivity index (χ3n) is 5.15. The summed E-state index contributed by atoms with van der Waals surface area (Å²) in [5, 5.41) is 4.44. The predicted molar refractivity (Wildman–Crippen MR) is 115 cm³/mol. The summed E-state index contributed by atoms with van der Waals surface area (Å²) in [6.07, 6.45) is 0. The molecular formula is C23H20N2O6. The van der Waals surface area contributed by atoms with E-state index >= 15 is 0 Å². The molecule has 4 rings (SSSR count). The van der Waals surface area contributed by atoms with Crippen LogP contribution in [-0.2, 0) is 9.53 Å². The number of hydrogen-bond donors (Lipinski definition) is 1. The van der Waals surface area contributed by atoms with Gasteiger partial charge in [-0.05, 0) is 17.5 Å². The standard InChI is InChI=1S/C23H20N2O6/c1-29-18-10-15(23(28)31-3)16(11-19(18)30-2)24-20(26)12-25-17-9-5-7-13-6-4-8-14(21(13)17)22(25)27/h4-11H,12H2,1-3H3,(H,24,26). The van der Waals surface area contributed by atoms with Crippen LogP contribution < -0.4 is 19.7 Å². The molecule has 0 fully saturated rings. The Morgan fingerprint density at radius 2 is 1.65 bits per heavy atom. The molecule has 1 heterocycles. The van der Waals surface area contributed by atoms with Gasteiger partial charge in [0.15, 0.2) is 11.5 Å². The van der Waals surface area contributed by atoms with Gasteiger partial charge < -0.3 is 19.5 Å². The Bertz CT molecular complexity index is 1210. The van der Waals surface area contributed by atoms with E-state index in [9.17, 15) is 14.4 Å². The van der Waals surface area contributed by atoms with Crippen molar-refractivity contribution in [1.82, 2.24) is 0 Å². The smallest absolute Gasteiger partial charge is 0.340 e. The average molecular weight is 420 g/mol. The summed E-state index contributed by atoms with van der Waals surface area (Å²) in [5.74, 6) is -0.721. The number of nitrogens with zero attached hydrogens (tertiary/aromatic N) is 1. The lowest BCUT2D eigenvalue weighted by atomic mass is 10.1. The van der Waals surface area contributed by atoms with Gasteiger partial charge in [-0.1, -0.05) is 24.3 Å². The number of esters is 1. The van der Waals surface area contributed by atoms with Gasteiger partial charge in [0.2, 0.25) is 5.91 Å². The summed E-state index contributed by atoms with van der Waals surface area (Å²) < 4.78 is 15.3. The van der Waals surface area contributed by atoms with Gasteiger partial charge in [0.25, 0.3) is 5.91 Å². The lowest BCUT2D eigenvalue weighted by molar-refractivity contribution is -0.114. The van der Waals surface area contributed by atoms with Gasteiger partial charge in [0.1, 0.15) is 6.54 Å². The maximum atomic E-state index is 12.9. The summed E-state index contributed by atoms with van der Waals surface area (Å²) in [4.78, 5) is 39.4. The van der Waals surface area contributed by atoms with E-state index in [1.165, 1.54) is 38.4 Å². The molecule has 0 saturated carbocycles. The first kappa shape index (κ1) is 20.2. The fourth-order valence-corrected chi connectivity index (χ4v) is 3.73. The molecule has 0 aromatic heterocycles. The Labute approximate surface area is 178 Å². The van der Waals surface area contributed by atoms with Gasteiger partial charge in [0.05, 0.1) is 38.3 Å². The molecule has 3 aromatic carbocycles. The zero-order valence-corrected chi connectivity index (χ0v) is 17.2. The molecule has 0 radical (unpaired) electrons. The second-order valence-corrected chi connectivity index (χ2v) is 6.86. The van der Waals surface area contributed by atoms with Crippen LogP contribution in [0.15, 0.2) is 48.5 Å². The highest BCUT2D eigenvalue weighted by molar-refractivity contribution is 6.26. The quantitative estimate of drug-likeness (QED) is 0.616. The fourth-order valence-electron chi connectivity index (χ4n) is 3.73. The molecule has 8 heteroatoms. The largest absolute Gasteiger partial charge is 0.493 e. The first-order chi connectivity index (χ1) is 15.0. The molecule has 0 unspecified atom stereocenters.